The Hall–Kier alpha value is -1.26. The highest BCUT2D eigenvalue weighted by Crippen LogP contribution is 2.24. The largest absolute Gasteiger partial charge is 0.497 e. The fourth-order valence-corrected chi connectivity index (χ4v) is 2.83. The van der Waals surface area contributed by atoms with Gasteiger partial charge in [-0.05, 0) is 30.5 Å². The van der Waals surface area contributed by atoms with Gasteiger partial charge in [0.2, 0.25) is 0 Å². The van der Waals surface area contributed by atoms with Gasteiger partial charge in [-0.1, -0.05) is 19.9 Å². The maximum atomic E-state index is 5.93. The van der Waals surface area contributed by atoms with Gasteiger partial charge in [-0.25, -0.2) is 0 Å². The number of benzene rings is 1. The molecule has 1 aromatic rings. The van der Waals surface area contributed by atoms with Crippen molar-refractivity contribution < 1.29 is 4.74 Å². The summed E-state index contributed by atoms with van der Waals surface area (Å²) >= 11 is 0. The molecule has 0 bridgehead atoms. The predicted octanol–water partition coefficient (Wildman–Crippen LogP) is 2.19. The molecule has 1 aromatic carbocycles. The molecule has 1 unspecified atom stereocenters. The third-order valence-electron chi connectivity index (χ3n) is 4.74. The number of rotatable bonds is 6. The highest BCUT2D eigenvalue weighted by molar-refractivity contribution is 5.51. The second-order valence-electron chi connectivity index (χ2n) is 6.33. The number of ether oxygens (including phenoxy) is 1. The molecule has 1 fully saturated rings. The first-order valence-electron chi connectivity index (χ1n) is 7.91. The molecule has 0 radical (unpaired) electrons. The van der Waals surface area contributed by atoms with E-state index in [1.807, 2.05) is 6.07 Å². The number of methoxy groups -OCH3 is 1. The molecular formula is C17H29N3O. The molecule has 0 amide bonds. The third-order valence-corrected chi connectivity index (χ3v) is 4.74. The van der Waals surface area contributed by atoms with Gasteiger partial charge in [-0.3, -0.25) is 4.90 Å². The number of nitrogens with zero attached hydrogens (tertiary/aromatic N) is 2. The molecule has 2 N–H and O–H groups in total. The summed E-state index contributed by atoms with van der Waals surface area (Å²) in [5.74, 6) is 0.927. The van der Waals surface area contributed by atoms with Crippen LogP contribution in [-0.2, 0) is 0 Å². The van der Waals surface area contributed by atoms with Gasteiger partial charge >= 0.3 is 0 Å². The molecule has 1 saturated heterocycles. The van der Waals surface area contributed by atoms with Crippen LogP contribution in [0.2, 0.25) is 0 Å². The van der Waals surface area contributed by atoms with Crippen LogP contribution in [0.3, 0.4) is 0 Å². The monoisotopic (exact) mass is 291 g/mol. The minimum atomic E-state index is 0.248. The second-order valence-corrected chi connectivity index (χ2v) is 6.33. The average molecular weight is 291 g/mol. The van der Waals surface area contributed by atoms with Gasteiger partial charge in [0.25, 0.3) is 0 Å². The predicted molar refractivity (Wildman–Crippen MR) is 89.1 cm³/mol. The standard InChI is InChI=1S/C17H29N3O/c1-4-17(2,13-18)14-19-8-10-20(11-9-19)15-6-5-7-16(12-15)21-3/h5-7,12H,4,8-11,13-14,18H2,1-3H3. The summed E-state index contributed by atoms with van der Waals surface area (Å²) in [5.41, 5.74) is 7.44. The molecule has 2 rings (SSSR count). The van der Waals surface area contributed by atoms with Crippen LogP contribution >= 0.6 is 0 Å². The quantitative estimate of drug-likeness (QED) is 0.872. The first-order valence-corrected chi connectivity index (χ1v) is 7.91. The van der Waals surface area contributed by atoms with Crippen LogP contribution in [-0.4, -0.2) is 51.3 Å². The molecule has 1 aliphatic rings. The lowest BCUT2D eigenvalue weighted by atomic mass is 9.87. The molecule has 0 saturated carbocycles. The molecule has 0 aromatic heterocycles. The van der Waals surface area contributed by atoms with Crippen LogP contribution < -0.4 is 15.4 Å². The molecule has 1 atom stereocenters. The zero-order chi connectivity index (χ0) is 15.3. The lowest BCUT2D eigenvalue weighted by Gasteiger charge is -2.40. The number of hydrogen-bond donors (Lipinski definition) is 1. The van der Waals surface area contributed by atoms with Crippen molar-refractivity contribution in [3.05, 3.63) is 24.3 Å². The van der Waals surface area contributed by atoms with Crippen LogP contribution in [0, 0.1) is 5.41 Å². The van der Waals surface area contributed by atoms with Crippen molar-refractivity contribution in [1.82, 2.24) is 4.90 Å². The maximum Gasteiger partial charge on any atom is 0.120 e. The normalized spacial score (nSPS) is 19.3. The Morgan fingerprint density at radius 1 is 1.24 bits per heavy atom. The minimum Gasteiger partial charge on any atom is -0.497 e. The Balaban J connectivity index is 1.91. The zero-order valence-electron chi connectivity index (χ0n) is 13.6. The number of anilines is 1. The van der Waals surface area contributed by atoms with Crippen LogP contribution in [0.1, 0.15) is 20.3 Å². The molecule has 1 aliphatic heterocycles. The van der Waals surface area contributed by atoms with Crippen LogP contribution in [0.25, 0.3) is 0 Å². The van der Waals surface area contributed by atoms with E-state index >= 15 is 0 Å². The van der Waals surface area contributed by atoms with Gasteiger partial charge in [-0.2, -0.15) is 0 Å². The SMILES string of the molecule is CCC(C)(CN)CN1CCN(c2cccc(OC)c2)CC1. The van der Waals surface area contributed by atoms with Gasteiger partial charge in [0.15, 0.2) is 0 Å². The Bertz CT molecular complexity index is 437. The highest BCUT2D eigenvalue weighted by atomic mass is 16.5. The van der Waals surface area contributed by atoms with Gasteiger partial charge < -0.3 is 15.4 Å². The molecule has 0 aliphatic carbocycles. The summed E-state index contributed by atoms with van der Waals surface area (Å²) in [6.07, 6.45) is 1.14. The first kappa shape index (κ1) is 16.1. The fourth-order valence-electron chi connectivity index (χ4n) is 2.83. The van der Waals surface area contributed by atoms with Crippen molar-refractivity contribution in [2.24, 2.45) is 11.1 Å². The van der Waals surface area contributed by atoms with E-state index in [1.54, 1.807) is 7.11 Å². The summed E-state index contributed by atoms with van der Waals surface area (Å²) in [5, 5.41) is 0. The van der Waals surface area contributed by atoms with Crippen molar-refractivity contribution in [3.8, 4) is 5.75 Å². The topological polar surface area (TPSA) is 41.7 Å². The van der Waals surface area contributed by atoms with Crippen molar-refractivity contribution in [2.75, 3.05) is 51.3 Å². The van der Waals surface area contributed by atoms with E-state index < -0.39 is 0 Å². The van der Waals surface area contributed by atoms with E-state index in [1.165, 1.54) is 5.69 Å². The summed E-state index contributed by atoms with van der Waals surface area (Å²) in [6, 6.07) is 8.33. The lowest BCUT2D eigenvalue weighted by molar-refractivity contribution is 0.157. The summed E-state index contributed by atoms with van der Waals surface area (Å²) in [7, 11) is 1.72. The van der Waals surface area contributed by atoms with E-state index in [0.717, 1.165) is 51.4 Å². The Morgan fingerprint density at radius 3 is 2.52 bits per heavy atom. The summed E-state index contributed by atoms with van der Waals surface area (Å²) < 4.78 is 5.31. The molecule has 1 heterocycles. The molecule has 21 heavy (non-hydrogen) atoms. The third kappa shape index (κ3) is 4.11. The summed E-state index contributed by atoms with van der Waals surface area (Å²) in [6.45, 7) is 10.7. The smallest absolute Gasteiger partial charge is 0.120 e. The van der Waals surface area contributed by atoms with Crippen LogP contribution in [0.15, 0.2) is 24.3 Å². The molecule has 4 heteroatoms. The molecule has 118 valence electrons. The fraction of sp³-hybridized carbons (Fsp3) is 0.647. The number of piperazine rings is 1. The van der Waals surface area contributed by atoms with Gasteiger partial charge in [0.05, 0.1) is 7.11 Å². The Kier molecular flexibility index (Phi) is 5.48. The molecule has 0 spiro atoms. The van der Waals surface area contributed by atoms with E-state index in [4.69, 9.17) is 10.5 Å². The Morgan fingerprint density at radius 2 is 1.95 bits per heavy atom. The van der Waals surface area contributed by atoms with Crippen LogP contribution in [0.5, 0.6) is 5.75 Å². The van der Waals surface area contributed by atoms with E-state index in [2.05, 4.69) is 41.8 Å². The van der Waals surface area contributed by atoms with E-state index in [9.17, 15) is 0 Å². The number of hydrogen-bond acceptors (Lipinski definition) is 4. The van der Waals surface area contributed by atoms with Gasteiger partial charge in [0.1, 0.15) is 5.75 Å². The van der Waals surface area contributed by atoms with Crippen molar-refractivity contribution in [3.63, 3.8) is 0 Å². The van der Waals surface area contributed by atoms with Crippen molar-refractivity contribution in [1.29, 1.82) is 0 Å². The molecular weight excluding hydrogens is 262 g/mol. The number of nitrogens with two attached hydrogens (primary N) is 1. The first-order chi connectivity index (χ1) is 10.1. The highest BCUT2D eigenvalue weighted by Gasteiger charge is 2.26. The van der Waals surface area contributed by atoms with E-state index in [0.29, 0.717) is 0 Å². The van der Waals surface area contributed by atoms with Crippen LogP contribution in [0.4, 0.5) is 5.69 Å². The average Bonchev–Trinajstić information content (AvgIpc) is 2.55. The van der Waals surface area contributed by atoms with Crippen molar-refractivity contribution >= 4 is 5.69 Å². The second kappa shape index (κ2) is 7.14. The lowest BCUT2D eigenvalue weighted by Crippen LogP contribution is -2.50. The van der Waals surface area contributed by atoms with Crippen molar-refractivity contribution in [2.45, 2.75) is 20.3 Å². The van der Waals surface area contributed by atoms with E-state index in [-0.39, 0.29) is 5.41 Å². The van der Waals surface area contributed by atoms with Gasteiger partial charge in [-0.15, -0.1) is 0 Å². The summed E-state index contributed by atoms with van der Waals surface area (Å²) in [4.78, 5) is 4.98. The Labute approximate surface area is 128 Å². The minimum absolute atomic E-state index is 0.248. The zero-order valence-corrected chi connectivity index (χ0v) is 13.6. The van der Waals surface area contributed by atoms with Gasteiger partial charge in [0, 0.05) is 44.5 Å². The maximum absolute atomic E-state index is 5.93. The molecule has 4 nitrogen and oxygen atoms in total.